The lowest BCUT2D eigenvalue weighted by Gasteiger charge is -2.15. The Morgan fingerprint density at radius 3 is 2.64 bits per heavy atom. The van der Waals surface area contributed by atoms with Crippen molar-refractivity contribution < 1.29 is 4.74 Å². The summed E-state index contributed by atoms with van der Waals surface area (Å²) >= 11 is 0. The van der Waals surface area contributed by atoms with Gasteiger partial charge < -0.3 is 10.1 Å². The number of anilines is 1. The number of benzene rings is 1. The van der Waals surface area contributed by atoms with Crippen molar-refractivity contribution in [1.82, 2.24) is 24.7 Å². The van der Waals surface area contributed by atoms with Crippen molar-refractivity contribution in [2.45, 2.75) is 19.9 Å². The van der Waals surface area contributed by atoms with Crippen molar-refractivity contribution in [2.75, 3.05) is 12.4 Å². The first-order valence-corrected chi connectivity index (χ1v) is 9.07. The Bertz CT molecular complexity index is 1120. The van der Waals surface area contributed by atoms with Crippen LogP contribution >= 0.6 is 0 Å². The minimum Gasteiger partial charge on any atom is -0.494 e. The summed E-state index contributed by atoms with van der Waals surface area (Å²) in [6.45, 7) is 4.07. The van der Waals surface area contributed by atoms with Crippen molar-refractivity contribution in [3.8, 4) is 17.0 Å². The van der Waals surface area contributed by atoms with Gasteiger partial charge in [-0.05, 0) is 43.7 Å². The van der Waals surface area contributed by atoms with Crippen molar-refractivity contribution in [2.24, 2.45) is 7.05 Å². The van der Waals surface area contributed by atoms with Crippen LogP contribution in [0.2, 0.25) is 0 Å². The van der Waals surface area contributed by atoms with Gasteiger partial charge in [0.15, 0.2) is 0 Å². The molecule has 1 unspecified atom stereocenters. The Balaban J connectivity index is 1.80. The number of nitrogens with one attached hydrogen (secondary N) is 1. The van der Waals surface area contributed by atoms with Crippen LogP contribution in [0, 0.1) is 6.92 Å². The van der Waals surface area contributed by atoms with E-state index in [9.17, 15) is 0 Å². The van der Waals surface area contributed by atoms with E-state index in [1.165, 1.54) is 0 Å². The number of nitrogens with zero attached hydrogens (tertiary/aromatic N) is 5. The largest absolute Gasteiger partial charge is 0.494 e. The highest BCUT2D eigenvalue weighted by Gasteiger charge is 2.15. The van der Waals surface area contributed by atoms with Gasteiger partial charge in [0.05, 0.1) is 24.5 Å². The van der Waals surface area contributed by atoms with Crippen LogP contribution in [0.1, 0.15) is 24.2 Å². The highest BCUT2D eigenvalue weighted by Crippen LogP contribution is 2.34. The molecule has 0 bridgehead atoms. The second kappa shape index (κ2) is 7.26. The fourth-order valence-electron chi connectivity index (χ4n) is 3.14. The number of rotatable bonds is 5. The number of pyridine rings is 1. The summed E-state index contributed by atoms with van der Waals surface area (Å²) in [5, 5.41) is 8.80. The zero-order valence-electron chi connectivity index (χ0n) is 16.3. The van der Waals surface area contributed by atoms with Crippen molar-refractivity contribution in [3.05, 3.63) is 60.3 Å². The molecule has 0 saturated carbocycles. The van der Waals surface area contributed by atoms with Crippen LogP contribution in [0.25, 0.3) is 22.2 Å². The van der Waals surface area contributed by atoms with Gasteiger partial charge in [-0.1, -0.05) is 6.07 Å². The quantitative estimate of drug-likeness (QED) is 0.571. The van der Waals surface area contributed by atoms with Crippen molar-refractivity contribution in [3.63, 3.8) is 0 Å². The smallest absolute Gasteiger partial charge is 0.145 e. The predicted octanol–water partition coefficient (Wildman–Crippen LogP) is 3.92. The summed E-state index contributed by atoms with van der Waals surface area (Å²) in [5.74, 6) is 1.42. The Morgan fingerprint density at radius 1 is 1.11 bits per heavy atom. The molecule has 0 amide bonds. The van der Waals surface area contributed by atoms with Gasteiger partial charge in [0, 0.05) is 30.4 Å². The van der Waals surface area contributed by atoms with E-state index in [-0.39, 0.29) is 6.04 Å². The molecule has 4 rings (SSSR count). The van der Waals surface area contributed by atoms with Gasteiger partial charge in [0.2, 0.25) is 0 Å². The summed E-state index contributed by atoms with van der Waals surface area (Å²) in [7, 11) is 3.55. The number of hydrogen-bond acceptors (Lipinski definition) is 6. The molecule has 0 spiro atoms. The Kier molecular flexibility index (Phi) is 4.65. The van der Waals surface area contributed by atoms with Crippen LogP contribution in [-0.4, -0.2) is 31.8 Å². The van der Waals surface area contributed by atoms with E-state index in [1.54, 1.807) is 18.1 Å². The molecule has 28 heavy (non-hydrogen) atoms. The van der Waals surface area contributed by atoms with E-state index in [4.69, 9.17) is 4.74 Å². The van der Waals surface area contributed by atoms with Crippen LogP contribution in [0.5, 0.6) is 5.75 Å². The maximum Gasteiger partial charge on any atom is 0.145 e. The summed E-state index contributed by atoms with van der Waals surface area (Å²) in [6, 6.07) is 10.0. The molecule has 3 heterocycles. The Labute approximate surface area is 163 Å². The Morgan fingerprint density at radius 2 is 1.96 bits per heavy atom. The van der Waals surface area contributed by atoms with Gasteiger partial charge in [0.25, 0.3) is 0 Å². The molecule has 0 aliphatic carbocycles. The van der Waals surface area contributed by atoms with Gasteiger partial charge in [-0.2, -0.15) is 5.10 Å². The first-order chi connectivity index (χ1) is 13.5. The van der Waals surface area contributed by atoms with Crippen LogP contribution in [0.4, 0.5) is 5.82 Å². The van der Waals surface area contributed by atoms with E-state index in [0.717, 1.165) is 39.2 Å². The van der Waals surface area contributed by atoms with Gasteiger partial charge in [0.1, 0.15) is 23.4 Å². The molecule has 142 valence electrons. The highest BCUT2D eigenvalue weighted by atomic mass is 16.5. The number of hydrogen-bond donors (Lipinski definition) is 1. The van der Waals surface area contributed by atoms with E-state index in [1.807, 2.05) is 56.7 Å². The number of fused-ring (bicyclic) bond motifs is 1. The van der Waals surface area contributed by atoms with E-state index < -0.39 is 0 Å². The molecular weight excluding hydrogens is 352 g/mol. The second-order valence-electron chi connectivity index (χ2n) is 6.80. The first-order valence-electron chi connectivity index (χ1n) is 9.07. The van der Waals surface area contributed by atoms with Gasteiger partial charge >= 0.3 is 0 Å². The van der Waals surface area contributed by atoms with Crippen molar-refractivity contribution in [1.29, 1.82) is 0 Å². The Hall–Kier alpha value is -3.48. The minimum atomic E-state index is -0.00792. The molecular formula is C21H22N6O. The summed E-state index contributed by atoms with van der Waals surface area (Å²) in [5.41, 5.74) is 4.64. The SMILES string of the molecule is COc1cc(-c2ccc(C)cn2)cc2c(NC(C)c3ccn(C)n3)ncnc12. The molecule has 1 N–H and O–H groups in total. The third-order valence-corrected chi connectivity index (χ3v) is 4.66. The summed E-state index contributed by atoms with van der Waals surface area (Å²) < 4.78 is 7.39. The van der Waals surface area contributed by atoms with Crippen molar-refractivity contribution >= 4 is 16.7 Å². The molecule has 7 nitrogen and oxygen atoms in total. The van der Waals surface area contributed by atoms with E-state index in [2.05, 4.69) is 32.3 Å². The molecule has 1 aromatic carbocycles. The zero-order chi connectivity index (χ0) is 19.7. The zero-order valence-corrected chi connectivity index (χ0v) is 16.3. The molecule has 0 radical (unpaired) electrons. The third kappa shape index (κ3) is 3.38. The molecule has 0 fully saturated rings. The van der Waals surface area contributed by atoms with Gasteiger partial charge in [-0.15, -0.1) is 0 Å². The van der Waals surface area contributed by atoms with Gasteiger partial charge in [-0.3, -0.25) is 9.67 Å². The topological polar surface area (TPSA) is 77.8 Å². The molecule has 0 aliphatic heterocycles. The van der Waals surface area contributed by atoms with Gasteiger partial charge in [-0.25, -0.2) is 9.97 Å². The maximum absolute atomic E-state index is 5.60. The number of methoxy groups -OCH3 is 1. The number of aryl methyl sites for hydroxylation is 2. The van der Waals surface area contributed by atoms with Crippen LogP contribution in [0.3, 0.4) is 0 Å². The fraction of sp³-hybridized carbons (Fsp3) is 0.238. The normalized spacial score (nSPS) is 12.1. The lowest BCUT2D eigenvalue weighted by Crippen LogP contribution is -2.10. The van der Waals surface area contributed by atoms with E-state index in [0.29, 0.717) is 5.75 Å². The monoisotopic (exact) mass is 374 g/mol. The maximum atomic E-state index is 5.60. The molecule has 0 saturated heterocycles. The molecule has 0 aliphatic rings. The molecule has 3 aromatic heterocycles. The lowest BCUT2D eigenvalue weighted by molar-refractivity contribution is 0.419. The molecule has 7 heteroatoms. The lowest BCUT2D eigenvalue weighted by atomic mass is 10.1. The summed E-state index contributed by atoms with van der Waals surface area (Å²) in [4.78, 5) is 13.4. The fourth-order valence-corrected chi connectivity index (χ4v) is 3.14. The number of ether oxygens (including phenoxy) is 1. The van der Waals surface area contributed by atoms with Crippen LogP contribution in [0.15, 0.2) is 49.1 Å². The first kappa shape index (κ1) is 17.9. The van der Waals surface area contributed by atoms with E-state index >= 15 is 0 Å². The highest BCUT2D eigenvalue weighted by molar-refractivity contribution is 5.96. The second-order valence-corrected chi connectivity index (χ2v) is 6.80. The third-order valence-electron chi connectivity index (χ3n) is 4.66. The number of aromatic nitrogens is 5. The average molecular weight is 374 g/mol. The molecule has 1 atom stereocenters. The average Bonchev–Trinajstić information content (AvgIpc) is 3.14. The van der Waals surface area contributed by atoms with Crippen LogP contribution in [-0.2, 0) is 7.05 Å². The standard InChI is InChI=1S/C21H22N6O/c1-13-5-6-18(22-11-13)15-9-16-20(19(10-15)28-4)23-12-24-21(16)25-14(2)17-7-8-27(3)26-17/h5-12,14H,1-4H3,(H,23,24,25). The summed E-state index contributed by atoms with van der Waals surface area (Å²) in [6.07, 6.45) is 5.33. The molecule has 4 aromatic rings. The van der Waals surface area contributed by atoms with Crippen LogP contribution < -0.4 is 10.1 Å². The minimum absolute atomic E-state index is 0.00792. The predicted molar refractivity (Wildman–Crippen MR) is 109 cm³/mol.